The molecule has 2 N–H and O–H groups in total. The molecule has 0 amide bonds. The molecule has 1 saturated carbocycles. The van der Waals surface area contributed by atoms with Gasteiger partial charge in [0.2, 0.25) is 0 Å². The van der Waals surface area contributed by atoms with E-state index >= 15 is 0 Å². The minimum Gasteiger partial charge on any atom is -0.302 e. The van der Waals surface area contributed by atoms with E-state index in [4.69, 9.17) is 4.55 Å². The van der Waals surface area contributed by atoms with Crippen LogP contribution in [0.5, 0.6) is 0 Å². The summed E-state index contributed by atoms with van der Waals surface area (Å²) in [6.07, 6.45) is 10.0. The van der Waals surface area contributed by atoms with Gasteiger partial charge in [0.05, 0.1) is 0 Å². The Morgan fingerprint density at radius 1 is 0.714 bits per heavy atom. The van der Waals surface area contributed by atoms with Crippen molar-refractivity contribution in [1.29, 1.82) is 0 Å². The number of nitrogens with zero attached hydrogens (tertiary/aromatic N) is 2. The highest BCUT2D eigenvalue weighted by molar-refractivity contribution is 7.83. The molecule has 2 heterocycles. The first-order chi connectivity index (χ1) is 17.0. The quantitative estimate of drug-likeness (QED) is 0.589. The first-order valence-corrected chi connectivity index (χ1v) is 14.7. The number of rotatable bonds is 5. The first-order valence-electron chi connectivity index (χ1n) is 13.3. The summed E-state index contributed by atoms with van der Waals surface area (Å²) in [6.45, 7) is 7.13. The van der Waals surface area contributed by atoms with Crippen LogP contribution in [0.1, 0.15) is 67.2 Å². The van der Waals surface area contributed by atoms with Crippen molar-refractivity contribution in [2.45, 2.75) is 76.9 Å². The lowest BCUT2D eigenvalue weighted by Gasteiger charge is -2.26. The molecule has 0 atom stereocenters. The third-order valence-corrected chi connectivity index (χ3v) is 8.17. The summed E-state index contributed by atoms with van der Waals surface area (Å²) in [4.78, 5) is 5.28. The van der Waals surface area contributed by atoms with E-state index in [-0.39, 0.29) is 6.04 Å². The summed E-state index contributed by atoms with van der Waals surface area (Å²) in [7, 11) is -3.97. The van der Waals surface area contributed by atoms with E-state index in [1.165, 1.54) is 67.7 Å². The summed E-state index contributed by atoms with van der Waals surface area (Å²) in [6, 6.07) is 18.0. The van der Waals surface area contributed by atoms with Gasteiger partial charge in [0.25, 0.3) is 0 Å². The van der Waals surface area contributed by atoms with E-state index in [1.54, 1.807) is 0 Å². The first kappa shape index (κ1) is 26.3. The maximum atomic E-state index is 10.3. The van der Waals surface area contributed by atoms with Gasteiger partial charge < -0.3 is 4.90 Å². The number of likely N-dealkylation sites (tertiary alicyclic amines) is 1. The molecule has 35 heavy (non-hydrogen) atoms. The maximum Gasteiger partial charge on any atom is 0.333 e. The summed E-state index contributed by atoms with van der Waals surface area (Å²) < 4.78 is 31.3. The van der Waals surface area contributed by atoms with E-state index < -0.39 is 10.3 Å². The third kappa shape index (κ3) is 8.69. The van der Waals surface area contributed by atoms with E-state index in [9.17, 15) is 8.42 Å². The predicted molar refractivity (Wildman–Crippen MR) is 142 cm³/mol. The highest BCUT2D eigenvalue weighted by atomic mass is 32.2. The zero-order chi connectivity index (χ0) is 24.5. The van der Waals surface area contributed by atoms with Gasteiger partial charge in [0.15, 0.2) is 0 Å². The van der Waals surface area contributed by atoms with E-state index in [1.807, 2.05) is 0 Å². The number of hydrogen-bond acceptors (Lipinski definition) is 4. The van der Waals surface area contributed by atoms with Crippen LogP contribution in [0, 0.1) is 0 Å². The van der Waals surface area contributed by atoms with Gasteiger partial charge >= 0.3 is 10.3 Å². The molecule has 6 nitrogen and oxygen atoms in total. The molecule has 5 rings (SSSR count). The van der Waals surface area contributed by atoms with Crippen molar-refractivity contribution in [3.8, 4) is 0 Å². The highest BCUT2D eigenvalue weighted by Gasteiger charge is 2.18. The Kier molecular flexibility index (Phi) is 9.75. The van der Waals surface area contributed by atoms with Gasteiger partial charge in [0.1, 0.15) is 0 Å². The van der Waals surface area contributed by atoms with Crippen molar-refractivity contribution in [3.63, 3.8) is 0 Å². The van der Waals surface area contributed by atoms with Gasteiger partial charge in [-0.2, -0.15) is 13.1 Å². The fourth-order valence-electron chi connectivity index (χ4n) is 5.60. The fourth-order valence-corrected chi connectivity index (χ4v) is 6.25. The minimum absolute atomic E-state index is 0.0428. The van der Waals surface area contributed by atoms with Crippen LogP contribution in [0.2, 0.25) is 0 Å². The lowest BCUT2D eigenvalue weighted by molar-refractivity contribution is 0.211. The van der Waals surface area contributed by atoms with Crippen molar-refractivity contribution in [3.05, 3.63) is 70.8 Å². The Labute approximate surface area is 211 Å². The third-order valence-electron chi connectivity index (χ3n) is 7.54. The maximum absolute atomic E-state index is 10.3. The van der Waals surface area contributed by atoms with Crippen molar-refractivity contribution >= 4 is 10.3 Å². The highest BCUT2D eigenvalue weighted by Crippen LogP contribution is 2.22. The van der Waals surface area contributed by atoms with E-state index in [0.29, 0.717) is 0 Å². The van der Waals surface area contributed by atoms with Crippen molar-refractivity contribution in [1.82, 2.24) is 14.5 Å². The Morgan fingerprint density at radius 2 is 1.20 bits per heavy atom. The average Bonchev–Trinajstić information content (AvgIpc) is 3.38. The molecule has 2 aromatic carbocycles. The molecule has 0 spiro atoms. The summed E-state index contributed by atoms with van der Waals surface area (Å²) >= 11 is 0. The summed E-state index contributed by atoms with van der Waals surface area (Å²) in [5.74, 6) is 0. The molecule has 0 radical (unpaired) electrons. The van der Waals surface area contributed by atoms with Gasteiger partial charge in [-0.25, -0.2) is 0 Å². The lowest BCUT2D eigenvalue weighted by atomic mass is 9.96. The van der Waals surface area contributed by atoms with Crippen LogP contribution in [-0.4, -0.2) is 55.0 Å². The van der Waals surface area contributed by atoms with Crippen LogP contribution >= 0.6 is 0 Å². The standard InChI is InChI=1S/C22H28N2.C6H13NO3S/c1-3-9-21-17-24(16-15-23-13-5-6-14-23)18-22-10-4-2-8-20(22)12-11-19(21)7-1;8-11(9,10)7-6-4-2-1-3-5-6/h1-4,7-10H,5-6,11-18H2;6-7H,1-5H2,(H,8,9,10). The fraction of sp³-hybridized carbons (Fsp3) is 0.571. The number of aryl methyl sites for hydroxylation is 2. The smallest absolute Gasteiger partial charge is 0.302 e. The molecule has 0 aromatic heterocycles. The van der Waals surface area contributed by atoms with Gasteiger partial charge in [-0.3, -0.25) is 9.45 Å². The van der Waals surface area contributed by atoms with Crippen molar-refractivity contribution in [2.75, 3.05) is 26.2 Å². The summed E-state index contributed by atoms with van der Waals surface area (Å²) in [5, 5.41) is 0. The molecule has 0 unspecified atom stereocenters. The van der Waals surface area contributed by atoms with Crippen LogP contribution in [0.4, 0.5) is 0 Å². The Balaban J connectivity index is 0.000000221. The Bertz CT molecular complexity index is 982. The minimum atomic E-state index is -3.97. The molecule has 3 aliphatic rings. The van der Waals surface area contributed by atoms with Crippen LogP contribution in [0.15, 0.2) is 48.5 Å². The zero-order valence-electron chi connectivity index (χ0n) is 20.9. The molecule has 2 aliphatic heterocycles. The molecular weight excluding hydrogens is 458 g/mol. The Hall–Kier alpha value is -1.77. The van der Waals surface area contributed by atoms with Crippen LogP contribution in [0.3, 0.4) is 0 Å². The molecule has 1 saturated heterocycles. The van der Waals surface area contributed by atoms with Crippen molar-refractivity contribution in [2.24, 2.45) is 0 Å². The second kappa shape index (κ2) is 13.0. The van der Waals surface area contributed by atoms with E-state index in [2.05, 4.69) is 63.1 Å². The second-order valence-electron chi connectivity index (χ2n) is 10.2. The lowest BCUT2D eigenvalue weighted by Crippen LogP contribution is -2.35. The monoisotopic (exact) mass is 499 g/mol. The normalized spacial score (nSPS) is 20.0. The topological polar surface area (TPSA) is 72.9 Å². The molecule has 2 aromatic rings. The SMILES string of the molecule is O=S(=O)(O)NC1CCCCC1.c1ccc2c(c1)CCc1ccccc1CN(CCN1CCCC1)C2. The van der Waals surface area contributed by atoms with Gasteiger partial charge in [-0.15, -0.1) is 0 Å². The molecule has 7 heteroatoms. The zero-order valence-corrected chi connectivity index (χ0v) is 21.7. The van der Waals surface area contributed by atoms with E-state index in [0.717, 1.165) is 51.6 Å². The van der Waals surface area contributed by atoms with Crippen molar-refractivity contribution < 1.29 is 13.0 Å². The Morgan fingerprint density at radius 3 is 1.71 bits per heavy atom. The van der Waals surface area contributed by atoms with Gasteiger partial charge in [0, 0.05) is 32.2 Å². The van der Waals surface area contributed by atoms with Crippen LogP contribution in [-0.2, 0) is 36.2 Å². The molecule has 0 bridgehead atoms. The number of fused-ring (bicyclic) bond motifs is 2. The summed E-state index contributed by atoms with van der Waals surface area (Å²) in [5.41, 5.74) is 6.10. The van der Waals surface area contributed by atoms with Gasteiger partial charge in [-0.1, -0.05) is 67.8 Å². The molecule has 192 valence electrons. The van der Waals surface area contributed by atoms with Crippen LogP contribution in [0.25, 0.3) is 0 Å². The van der Waals surface area contributed by atoms with Gasteiger partial charge in [-0.05, 0) is 73.9 Å². The number of nitrogens with one attached hydrogen (secondary N) is 1. The number of benzene rings is 2. The average molecular weight is 500 g/mol. The number of hydrogen-bond donors (Lipinski definition) is 2. The molecular formula is C28H41N3O3S. The largest absolute Gasteiger partial charge is 0.333 e. The second-order valence-corrected chi connectivity index (χ2v) is 11.4. The predicted octanol–water partition coefficient (Wildman–Crippen LogP) is 4.59. The van der Waals surface area contributed by atoms with Crippen LogP contribution < -0.4 is 4.72 Å². The molecule has 2 fully saturated rings. The molecule has 1 aliphatic carbocycles.